The lowest BCUT2D eigenvalue weighted by atomic mass is 10.1. The zero-order chi connectivity index (χ0) is 17.5. The number of rotatable bonds is 7. The van der Waals surface area contributed by atoms with Gasteiger partial charge in [-0.15, -0.1) is 10.2 Å². The second kappa shape index (κ2) is 8.14. The van der Waals surface area contributed by atoms with Crippen LogP contribution in [0.3, 0.4) is 0 Å². The summed E-state index contributed by atoms with van der Waals surface area (Å²) in [7, 11) is 0. The molecule has 0 spiro atoms. The van der Waals surface area contributed by atoms with Gasteiger partial charge in [0.2, 0.25) is 11.8 Å². The molecular formula is C18H17FN4O2. The molecule has 0 unspecified atom stereocenters. The maximum atomic E-state index is 13.5. The minimum Gasteiger partial charge on any atom is -0.419 e. The quantitative estimate of drug-likeness (QED) is 0.715. The van der Waals surface area contributed by atoms with Crippen molar-refractivity contribution in [3.05, 3.63) is 65.9 Å². The summed E-state index contributed by atoms with van der Waals surface area (Å²) < 4.78 is 19.0. The first-order chi connectivity index (χ1) is 12.2. The third-order valence-electron chi connectivity index (χ3n) is 3.59. The van der Waals surface area contributed by atoms with Gasteiger partial charge in [0.15, 0.2) is 0 Å². The van der Waals surface area contributed by atoms with E-state index in [1.54, 1.807) is 36.5 Å². The number of hydrogen-bond donors (Lipinski definition) is 1. The topological polar surface area (TPSA) is 80.9 Å². The number of aryl methyl sites for hydroxylation is 1. The number of carbonyl (C=O) groups excluding carboxylic acids is 1. The van der Waals surface area contributed by atoms with Crippen LogP contribution in [-0.4, -0.2) is 27.6 Å². The van der Waals surface area contributed by atoms with Crippen molar-refractivity contribution in [2.45, 2.75) is 19.3 Å². The monoisotopic (exact) mass is 340 g/mol. The van der Waals surface area contributed by atoms with Gasteiger partial charge in [-0.1, -0.05) is 24.3 Å². The Kier molecular flexibility index (Phi) is 5.46. The predicted molar refractivity (Wildman–Crippen MR) is 89.0 cm³/mol. The molecule has 1 aromatic carbocycles. The van der Waals surface area contributed by atoms with Crippen molar-refractivity contribution in [2.24, 2.45) is 0 Å². The van der Waals surface area contributed by atoms with Crippen molar-refractivity contribution in [1.82, 2.24) is 20.5 Å². The predicted octanol–water partition coefficient (Wildman–Crippen LogP) is 2.56. The van der Waals surface area contributed by atoms with Crippen molar-refractivity contribution in [1.29, 1.82) is 0 Å². The van der Waals surface area contributed by atoms with Gasteiger partial charge in [-0.2, -0.15) is 0 Å². The smallest absolute Gasteiger partial charge is 0.266 e. The number of nitrogens with zero attached hydrogens (tertiary/aromatic N) is 3. The molecule has 6 nitrogen and oxygen atoms in total. The highest BCUT2D eigenvalue weighted by molar-refractivity contribution is 5.76. The first kappa shape index (κ1) is 16.8. The van der Waals surface area contributed by atoms with Crippen molar-refractivity contribution in [3.63, 3.8) is 0 Å². The number of amides is 1. The van der Waals surface area contributed by atoms with Gasteiger partial charge in [-0.3, -0.25) is 9.78 Å². The average Bonchev–Trinajstić information content (AvgIpc) is 3.11. The normalized spacial score (nSPS) is 10.6. The molecule has 1 amide bonds. The largest absolute Gasteiger partial charge is 0.419 e. The Hall–Kier alpha value is -3.09. The van der Waals surface area contributed by atoms with Gasteiger partial charge < -0.3 is 9.73 Å². The number of aromatic nitrogens is 3. The van der Waals surface area contributed by atoms with Crippen LogP contribution < -0.4 is 5.32 Å². The molecule has 3 aromatic rings. The highest BCUT2D eigenvalue weighted by Crippen LogP contribution is 2.14. The number of carbonyl (C=O) groups is 1. The van der Waals surface area contributed by atoms with E-state index in [4.69, 9.17) is 4.42 Å². The van der Waals surface area contributed by atoms with Crippen LogP contribution in [0, 0.1) is 5.82 Å². The fraction of sp³-hybridized carbons (Fsp3) is 0.222. The molecule has 0 bridgehead atoms. The third kappa shape index (κ3) is 4.69. The molecule has 7 heteroatoms. The second-order valence-corrected chi connectivity index (χ2v) is 5.41. The summed E-state index contributed by atoms with van der Waals surface area (Å²) in [6.45, 7) is 0.378. The second-order valence-electron chi connectivity index (χ2n) is 5.41. The highest BCUT2D eigenvalue weighted by atomic mass is 19.1. The Bertz CT molecular complexity index is 836. The summed E-state index contributed by atoms with van der Waals surface area (Å²) in [4.78, 5) is 16.0. The third-order valence-corrected chi connectivity index (χ3v) is 3.59. The van der Waals surface area contributed by atoms with E-state index in [-0.39, 0.29) is 18.1 Å². The molecule has 0 saturated carbocycles. The van der Waals surface area contributed by atoms with E-state index in [9.17, 15) is 9.18 Å². The number of nitrogens with one attached hydrogen (secondary N) is 1. The van der Waals surface area contributed by atoms with E-state index < -0.39 is 0 Å². The van der Waals surface area contributed by atoms with Crippen LogP contribution in [0.4, 0.5) is 4.39 Å². The fourth-order valence-corrected chi connectivity index (χ4v) is 2.29. The Morgan fingerprint density at radius 2 is 1.92 bits per heavy atom. The van der Waals surface area contributed by atoms with Gasteiger partial charge in [0.05, 0.1) is 0 Å². The molecule has 0 aliphatic carbocycles. The summed E-state index contributed by atoms with van der Waals surface area (Å²) in [5, 5.41) is 10.6. The van der Waals surface area contributed by atoms with Crippen LogP contribution in [0.2, 0.25) is 0 Å². The SMILES string of the molecule is O=C(CCc1nnc(-c2ccccn2)o1)NCCc1ccccc1F. The van der Waals surface area contributed by atoms with Gasteiger partial charge in [0.1, 0.15) is 11.5 Å². The standard InChI is InChI=1S/C18H17FN4O2/c19-14-6-2-1-5-13(14)10-12-21-16(24)8-9-17-22-23-18(25-17)15-7-3-4-11-20-15/h1-7,11H,8-10,12H2,(H,21,24). The molecule has 1 N–H and O–H groups in total. The van der Waals surface area contributed by atoms with Crippen molar-refractivity contribution in [2.75, 3.05) is 6.54 Å². The molecular weight excluding hydrogens is 323 g/mol. The minimum absolute atomic E-state index is 0.145. The minimum atomic E-state index is -0.260. The molecule has 0 aliphatic heterocycles. The van der Waals surface area contributed by atoms with Gasteiger partial charge in [0, 0.05) is 25.6 Å². The summed E-state index contributed by atoms with van der Waals surface area (Å²) in [5.74, 6) is 0.305. The Morgan fingerprint density at radius 3 is 2.72 bits per heavy atom. The van der Waals surface area contributed by atoms with E-state index in [0.29, 0.717) is 42.4 Å². The zero-order valence-corrected chi connectivity index (χ0v) is 13.5. The zero-order valence-electron chi connectivity index (χ0n) is 13.5. The van der Waals surface area contributed by atoms with Gasteiger partial charge in [-0.25, -0.2) is 4.39 Å². The maximum Gasteiger partial charge on any atom is 0.266 e. The summed E-state index contributed by atoms with van der Waals surface area (Å²) in [6, 6.07) is 11.9. The van der Waals surface area contributed by atoms with Crippen molar-refractivity contribution >= 4 is 5.91 Å². The fourth-order valence-electron chi connectivity index (χ4n) is 2.29. The molecule has 0 atom stereocenters. The Morgan fingerprint density at radius 1 is 1.08 bits per heavy atom. The van der Waals surface area contributed by atoms with E-state index in [1.165, 1.54) is 6.07 Å². The number of hydrogen-bond acceptors (Lipinski definition) is 5. The summed E-state index contributed by atoms with van der Waals surface area (Å²) in [5.41, 5.74) is 1.18. The first-order valence-electron chi connectivity index (χ1n) is 7.96. The van der Waals surface area contributed by atoms with Crippen LogP contribution in [0.25, 0.3) is 11.6 Å². The first-order valence-corrected chi connectivity index (χ1v) is 7.96. The molecule has 3 rings (SSSR count). The van der Waals surface area contributed by atoms with E-state index in [1.807, 2.05) is 6.07 Å². The van der Waals surface area contributed by atoms with E-state index >= 15 is 0 Å². The summed E-state index contributed by atoms with van der Waals surface area (Å²) in [6.07, 6.45) is 2.65. The Labute approximate surface area is 144 Å². The highest BCUT2D eigenvalue weighted by Gasteiger charge is 2.11. The van der Waals surface area contributed by atoms with E-state index in [2.05, 4.69) is 20.5 Å². The lowest BCUT2D eigenvalue weighted by molar-refractivity contribution is -0.121. The summed E-state index contributed by atoms with van der Waals surface area (Å²) >= 11 is 0. The van der Waals surface area contributed by atoms with Crippen LogP contribution >= 0.6 is 0 Å². The molecule has 25 heavy (non-hydrogen) atoms. The average molecular weight is 340 g/mol. The number of pyridine rings is 1. The molecule has 0 radical (unpaired) electrons. The van der Waals surface area contributed by atoms with Crippen LogP contribution in [0.1, 0.15) is 17.9 Å². The number of halogens is 1. The van der Waals surface area contributed by atoms with Gasteiger partial charge in [0.25, 0.3) is 5.89 Å². The van der Waals surface area contributed by atoms with Crippen LogP contribution in [-0.2, 0) is 17.6 Å². The number of benzene rings is 1. The molecule has 2 aromatic heterocycles. The Balaban J connectivity index is 1.44. The van der Waals surface area contributed by atoms with Crippen LogP contribution in [0.15, 0.2) is 53.1 Å². The van der Waals surface area contributed by atoms with Crippen molar-refractivity contribution in [3.8, 4) is 11.6 Å². The van der Waals surface area contributed by atoms with Gasteiger partial charge in [-0.05, 0) is 30.2 Å². The lowest BCUT2D eigenvalue weighted by Gasteiger charge is -2.05. The van der Waals surface area contributed by atoms with Crippen molar-refractivity contribution < 1.29 is 13.6 Å². The molecule has 2 heterocycles. The maximum absolute atomic E-state index is 13.5. The lowest BCUT2D eigenvalue weighted by Crippen LogP contribution is -2.26. The molecule has 0 fully saturated rings. The van der Waals surface area contributed by atoms with Gasteiger partial charge >= 0.3 is 0 Å². The van der Waals surface area contributed by atoms with Crippen LogP contribution in [0.5, 0.6) is 0 Å². The molecule has 128 valence electrons. The van der Waals surface area contributed by atoms with E-state index in [0.717, 1.165) is 0 Å². The molecule has 0 aliphatic rings. The molecule has 0 saturated heterocycles.